The lowest BCUT2D eigenvalue weighted by molar-refractivity contribution is 0.0680. The van der Waals surface area contributed by atoms with Crippen LogP contribution >= 0.6 is 0 Å². The van der Waals surface area contributed by atoms with E-state index in [2.05, 4.69) is 58.1 Å². The fourth-order valence-electron chi connectivity index (χ4n) is 3.85. The fraction of sp³-hybridized carbons (Fsp3) is 0.500. The summed E-state index contributed by atoms with van der Waals surface area (Å²) < 4.78 is 0. The van der Waals surface area contributed by atoms with Crippen molar-refractivity contribution in [3.8, 4) is 0 Å². The lowest BCUT2D eigenvalue weighted by Gasteiger charge is -2.42. The highest BCUT2D eigenvalue weighted by atomic mass is 15.2. The Balaban J connectivity index is 1.66. The largest absolute Gasteiger partial charge is 0.296 e. The van der Waals surface area contributed by atoms with Crippen LogP contribution in [0.4, 0.5) is 0 Å². The van der Waals surface area contributed by atoms with Crippen molar-refractivity contribution in [2.24, 2.45) is 0 Å². The van der Waals surface area contributed by atoms with Gasteiger partial charge >= 0.3 is 0 Å². The summed E-state index contributed by atoms with van der Waals surface area (Å²) in [4.78, 5) is 13.9. The predicted molar refractivity (Wildman–Crippen MR) is 97.5 cm³/mol. The van der Waals surface area contributed by atoms with Crippen LogP contribution in [0.25, 0.3) is 0 Å². The number of nitrogens with zero attached hydrogens (tertiary/aromatic N) is 4. The van der Waals surface area contributed by atoms with E-state index in [9.17, 15) is 0 Å². The Morgan fingerprint density at radius 1 is 0.792 bits per heavy atom. The molecule has 0 radical (unpaired) electrons. The average Bonchev–Trinajstić information content (AvgIpc) is 2.63. The first-order valence-corrected chi connectivity index (χ1v) is 8.94. The van der Waals surface area contributed by atoms with Gasteiger partial charge in [-0.1, -0.05) is 25.0 Å². The van der Waals surface area contributed by atoms with Gasteiger partial charge in [-0.3, -0.25) is 19.8 Å². The smallest absolute Gasteiger partial charge is 0.0543 e. The molecule has 1 aliphatic rings. The summed E-state index contributed by atoms with van der Waals surface area (Å²) in [5, 5.41) is 0. The summed E-state index contributed by atoms with van der Waals surface area (Å²) in [6, 6.07) is 13.5. The molecule has 0 saturated heterocycles. The summed E-state index contributed by atoms with van der Waals surface area (Å²) in [7, 11) is 4.48. The van der Waals surface area contributed by atoms with Crippen LogP contribution in [-0.4, -0.2) is 45.9 Å². The molecule has 4 heteroatoms. The second kappa shape index (κ2) is 8.36. The van der Waals surface area contributed by atoms with Crippen molar-refractivity contribution in [2.45, 2.75) is 50.9 Å². The normalized spacial score (nSPS) is 21.3. The van der Waals surface area contributed by atoms with Gasteiger partial charge in [-0.15, -0.1) is 0 Å². The van der Waals surface area contributed by atoms with E-state index in [0.29, 0.717) is 12.1 Å². The van der Waals surface area contributed by atoms with Gasteiger partial charge < -0.3 is 0 Å². The van der Waals surface area contributed by atoms with Gasteiger partial charge in [0.05, 0.1) is 11.4 Å². The molecule has 0 aromatic carbocycles. The molecule has 1 fully saturated rings. The standard InChI is InChI=1S/C20H28N4/c1-23(15-17-9-5-7-13-21-17)19-11-3-4-12-20(19)24(2)16-18-10-6-8-14-22-18/h5-10,13-14,19-20H,3-4,11-12,15-16H2,1-2H3/t19-,20-/m0/s1. The zero-order valence-corrected chi connectivity index (χ0v) is 14.8. The third-order valence-corrected chi connectivity index (χ3v) is 5.10. The molecule has 2 atom stereocenters. The summed E-state index contributed by atoms with van der Waals surface area (Å²) in [5.41, 5.74) is 2.30. The highest BCUT2D eigenvalue weighted by Crippen LogP contribution is 2.27. The molecule has 2 aromatic rings. The Morgan fingerprint density at radius 2 is 1.25 bits per heavy atom. The van der Waals surface area contributed by atoms with Crippen LogP contribution in [0.15, 0.2) is 48.8 Å². The van der Waals surface area contributed by atoms with E-state index in [1.165, 1.54) is 25.7 Å². The number of aromatic nitrogens is 2. The molecule has 24 heavy (non-hydrogen) atoms. The molecule has 0 N–H and O–H groups in total. The summed E-state index contributed by atoms with van der Waals surface area (Å²) in [5.74, 6) is 0. The molecule has 0 spiro atoms. The van der Waals surface area contributed by atoms with E-state index in [4.69, 9.17) is 0 Å². The first-order chi connectivity index (χ1) is 11.7. The maximum Gasteiger partial charge on any atom is 0.0543 e. The summed E-state index contributed by atoms with van der Waals surface area (Å²) in [6.07, 6.45) is 8.95. The molecule has 0 unspecified atom stereocenters. The topological polar surface area (TPSA) is 32.3 Å². The molecule has 2 aromatic heterocycles. The zero-order chi connectivity index (χ0) is 16.8. The summed E-state index contributed by atoms with van der Waals surface area (Å²) in [6.45, 7) is 1.83. The van der Waals surface area contributed by atoms with Crippen LogP contribution in [0.1, 0.15) is 37.1 Å². The number of hydrogen-bond acceptors (Lipinski definition) is 4. The molecule has 4 nitrogen and oxygen atoms in total. The lowest BCUT2D eigenvalue weighted by Crippen LogP contribution is -2.50. The van der Waals surface area contributed by atoms with Gasteiger partial charge in [0.2, 0.25) is 0 Å². The van der Waals surface area contributed by atoms with Crippen LogP contribution in [0, 0.1) is 0 Å². The van der Waals surface area contributed by atoms with E-state index < -0.39 is 0 Å². The second-order valence-corrected chi connectivity index (χ2v) is 6.89. The van der Waals surface area contributed by atoms with Crippen molar-refractivity contribution in [3.63, 3.8) is 0 Å². The molecule has 1 aliphatic carbocycles. The van der Waals surface area contributed by atoms with Crippen LogP contribution in [0.2, 0.25) is 0 Å². The Labute approximate surface area is 145 Å². The van der Waals surface area contributed by atoms with Crippen molar-refractivity contribution in [1.82, 2.24) is 19.8 Å². The number of hydrogen-bond donors (Lipinski definition) is 0. The lowest BCUT2D eigenvalue weighted by atomic mass is 9.88. The minimum absolute atomic E-state index is 0.578. The van der Waals surface area contributed by atoms with Crippen molar-refractivity contribution in [2.75, 3.05) is 14.1 Å². The highest BCUT2D eigenvalue weighted by Gasteiger charge is 2.31. The average molecular weight is 324 g/mol. The molecule has 0 amide bonds. The molecule has 0 bridgehead atoms. The van der Waals surface area contributed by atoms with Gasteiger partial charge in [-0.05, 0) is 51.2 Å². The molecule has 1 saturated carbocycles. The van der Waals surface area contributed by atoms with E-state index in [0.717, 1.165) is 24.5 Å². The Kier molecular flexibility index (Phi) is 5.94. The predicted octanol–water partition coefficient (Wildman–Crippen LogP) is 3.35. The third-order valence-electron chi connectivity index (χ3n) is 5.10. The van der Waals surface area contributed by atoms with Crippen LogP contribution in [-0.2, 0) is 13.1 Å². The Hall–Kier alpha value is -1.78. The van der Waals surface area contributed by atoms with Gasteiger partial charge in [0, 0.05) is 37.6 Å². The van der Waals surface area contributed by atoms with Crippen molar-refractivity contribution >= 4 is 0 Å². The maximum absolute atomic E-state index is 4.49. The van der Waals surface area contributed by atoms with Gasteiger partial charge in [-0.25, -0.2) is 0 Å². The van der Waals surface area contributed by atoms with Crippen molar-refractivity contribution in [3.05, 3.63) is 60.2 Å². The first-order valence-electron chi connectivity index (χ1n) is 8.94. The van der Waals surface area contributed by atoms with Crippen LogP contribution < -0.4 is 0 Å². The fourth-order valence-corrected chi connectivity index (χ4v) is 3.85. The van der Waals surface area contributed by atoms with E-state index in [1.54, 1.807) is 0 Å². The SMILES string of the molecule is CN(Cc1ccccn1)[C@H]1CCCC[C@@H]1N(C)Cc1ccccn1. The quantitative estimate of drug-likeness (QED) is 0.816. The van der Waals surface area contributed by atoms with Crippen molar-refractivity contribution in [1.29, 1.82) is 0 Å². The third kappa shape index (κ3) is 4.40. The Bertz CT molecular complexity index is 546. The maximum atomic E-state index is 4.49. The molecular weight excluding hydrogens is 296 g/mol. The van der Waals surface area contributed by atoms with E-state index in [1.807, 2.05) is 24.5 Å². The van der Waals surface area contributed by atoms with Gasteiger partial charge in [0.25, 0.3) is 0 Å². The molecule has 128 valence electrons. The second-order valence-electron chi connectivity index (χ2n) is 6.89. The molecule has 3 rings (SSSR count). The number of pyridine rings is 2. The van der Waals surface area contributed by atoms with Gasteiger partial charge in [0.1, 0.15) is 0 Å². The molecular formula is C20H28N4. The van der Waals surface area contributed by atoms with Crippen LogP contribution in [0.5, 0.6) is 0 Å². The number of rotatable bonds is 6. The van der Waals surface area contributed by atoms with Crippen molar-refractivity contribution < 1.29 is 0 Å². The van der Waals surface area contributed by atoms with Gasteiger partial charge in [-0.2, -0.15) is 0 Å². The first kappa shape index (κ1) is 17.1. The van der Waals surface area contributed by atoms with Crippen LogP contribution in [0.3, 0.4) is 0 Å². The monoisotopic (exact) mass is 324 g/mol. The highest BCUT2D eigenvalue weighted by molar-refractivity contribution is 5.05. The summed E-state index contributed by atoms with van der Waals surface area (Å²) >= 11 is 0. The van der Waals surface area contributed by atoms with E-state index >= 15 is 0 Å². The minimum atomic E-state index is 0.578. The van der Waals surface area contributed by atoms with E-state index in [-0.39, 0.29) is 0 Å². The number of likely N-dealkylation sites (N-methyl/N-ethyl adjacent to an activating group) is 2. The zero-order valence-electron chi connectivity index (χ0n) is 14.8. The molecule has 2 heterocycles. The Morgan fingerprint density at radius 3 is 1.62 bits per heavy atom. The minimum Gasteiger partial charge on any atom is -0.296 e. The van der Waals surface area contributed by atoms with Gasteiger partial charge in [0.15, 0.2) is 0 Å². The molecule has 0 aliphatic heterocycles.